The summed E-state index contributed by atoms with van der Waals surface area (Å²) in [6, 6.07) is 3.54. The van der Waals surface area contributed by atoms with Gasteiger partial charge in [-0.15, -0.1) is 0 Å². The molecule has 1 aromatic heterocycles. The van der Waals surface area contributed by atoms with E-state index in [1.165, 1.54) is 23.5 Å². The van der Waals surface area contributed by atoms with Gasteiger partial charge in [-0.05, 0) is 48.0 Å². The van der Waals surface area contributed by atoms with Crippen molar-refractivity contribution in [3.05, 3.63) is 22.4 Å². The summed E-state index contributed by atoms with van der Waals surface area (Å²) in [6.07, 6.45) is 2.34. The maximum atomic E-state index is 6.33. The van der Waals surface area contributed by atoms with Gasteiger partial charge in [0.05, 0.1) is 6.04 Å². The lowest BCUT2D eigenvalue weighted by molar-refractivity contribution is 0.162. The van der Waals surface area contributed by atoms with E-state index in [4.69, 9.17) is 5.73 Å². The lowest BCUT2D eigenvalue weighted by atomic mass is 9.97. The lowest BCUT2D eigenvalue weighted by Gasteiger charge is -2.36. The summed E-state index contributed by atoms with van der Waals surface area (Å²) in [5.41, 5.74) is 7.73. The monoisotopic (exact) mass is 270 g/mol. The Kier molecular flexibility index (Phi) is 4.91. The van der Waals surface area contributed by atoms with Gasteiger partial charge in [0.15, 0.2) is 0 Å². The highest BCUT2D eigenvalue weighted by atomic mass is 32.2. The average molecular weight is 270 g/mol. The Morgan fingerprint density at radius 2 is 2.41 bits per heavy atom. The maximum absolute atomic E-state index is 6.33. The number of nitrogens with zero attached hydrogens (tertiary/aromatic N) is 1. The van der Waals surface area contributed by atoms with Gasteiger partial charge in [0.1, 0.15) is 0 Å². The minimum absolute atomic E-state index is 0.236. The normalized spacial score (nSPS) is 24.1. The van der Waals surface area contributed by atoms with Crippen LogP contribution in [0.2, 0.25) is 0 Å². The molecule has 1 aliphatic heterocycles. The average Bonchev–Trinajstić information content (AvgIpc) is 3.01. The van der Waals surface area contributed by atoms with Crippen molar-refractivity contribution in [1.82, 2.24) is 4.90 Å². The maximum Gasteiger partial charge on any atom is 0.0507 e. The first-order valence-corrected chi connectivity index (χ1v) is 8.41. The first-order valence-electron chi connectivity index (χ1n) is 6.31. The van der Waals surface area contributed by atoms with Gasteiger partial charge in [-0.25, -0.2) is 0 Å². The van der Waals surface area contributed by atoms with Crippen LogP contribution in [0, 0.1) is 0 Å². The largest absolute Gasteiger partial charge is 0.326 e. The van der Waals surface area contributed by atoms with E-state index in [2.05, 4.69) is 47.5 Å². The molecule has 0 bridgehead atoms. The number of likely N-dealkylation sites (N-methyl/N-ethyl adjacent to an activating group) is 1. The fourth-order valence-corrected chi connectivity index (χ4v) is 4.49. The van der Waals surface area contributed by atoms with E-state index in [0.29, 0.717) is 12.1 Å². The fraction of sp³-hybridized carbons (Fsp3) is 0.692. The van der Waals surface area contributed by atoms with Crippen LogP contribution in [0.5, 0.6) is 0 Å². The molecule has 0 amide bonds. The minimum atomic E-state index is 0.236. The Morgan fingerprint density at radius 1 is 1.59 bits per heavy atom. The summed E-state index contributed by atoms with van der Waals surface area (Å²) in [5.74, 6) is 2.56. The molecule has 0 saturated carbocycles. The predicted octanol–water partition coefficient (Wildman–Crippen LogP) is 2.96. The lowest BCUT2D eigenvalue weighted by Crippen LogP contribution is -2.43. The molecule has 1 saturated heterocycles. The highest BCUT2D eigenvalue weighted by Gasteiger charge is 2.30. The Balaban J connectivity index is 2.14. The van der Waals surface area contributed by atoms with Crippen LogP contribution in [0.4, 0.5) is 0 Å². The predicted molar refractivity (Wildman–Crippen MR) is 78.8 cm³/mol. The molecule has 0 radical (unpaired) electrons. The molecule has 2 rings (SSSR count). The second-order valence-corrected chi connectivity index (χ2v) is 6.69. The van der Waals surface area contributed by atoms with Gasteiger partial charge in [-0.2, -0.15) is 23.1 Å². The molecular weight excluding hydrogens is 248 g/mol. The summed E-state index contributed by atoms with van der Waals surface area (Å²) in [4.78, 5) is 2.51. The zero-order chi connectivity index (χ0) is 12.3. The zero-order valence-electron chi connectivity index (χ0n) is 10.6. The Labute approximate surface area is 113 Å². The topological polar surface area (TPSA) is 29.3 Å². The standard InChI is InChI=1S/C13H22N2S2/c1-3-12(14)13(10-4-6-16-8-10)15(2)11-5-7-17-9-11/h4,6,8,11-13H,3,5,7,9,14H2,1-2H3. The van der Waals surface area contributed by atoms with E-state index in [-0.39, 0.29) is 6.04 Å². The number of hydrogen-bond acceptors (Lipinski definition) is 4. The van der Waals surface area contributed by atoms with Crippen molar-refractivity contribution in [3.8, 4) is 0 Å². The Hall–Kier alpha value is -0.0300. The first-order chi connectivity index (χ1) is 8.24. The Bertz CT molecular complexity index is 320. The molecule has 0 aliphatic carbocycles. The highest BCUT2D eigenvalue weighted by Crippen LogP contribution is 2.32. The van der Waals surface area contributed by atoms with Crippen molar-refractivity contribution in [1.29, 1.82) is 0 Å². The van der Waals surface area contributed by atoms with Crippen LogP contribution in [-0.2, 0) is 0 Å². The van der Waals surface area contributed by atoms with Crippen molar-refractivity contribution in [2.24, 2.45) is 5.73 Å². The zero-order valence-corrected chi connectivity index (χ0v) is 12.3. The highest BCUT2D eigenvalue weighted by molar-refractivity contribution is 7.99. The molecule has 3 unspecified atom stereocenters. The van der Waals surface area contributed by atoms with Crippen LogP contribution in [-0.4, -0.2) is 35.5 Å². The fourth-order valence-electron chi connectivity index (χ4n) is 2.52. The molecule has 3 atom stereocenters. The number of thiophene rings is 1. The minimum Gasteiger partial charge on any atom is -0.326 e. The van der Waals surface area contributed by atoms with Crippen molar-refractivity contribution < 1.29 is 0 Å². The summed E-state index contributed by atoms with van der Waals surface area (Å²) in [7, 11) is 2.24. The second kappa shape index (κ2) is 6.23. The van der Waals surface area contributed by atoms with Crippen LogP contribution in [0.1, 0.15) is 31.4 Å². The third-order valence-corrected chi connectivity index (χ3v) is 5.53. The molecule has 1 fully saturated rings. The van der Waals surface area contributed by atoms with Gasteiger partial charge >= 0.3 is 0 Å². The molecule has 2 N–H and O–H groups in total. The third kappa shape index (κ3) is 3.05. The molecule has 0 aromatic carbocycles. The van der Waals surface area contributed by atoms with E-state index in [0.717, 1.165) is 6.42 Å². The molecule has 1 aromatic rings. The summed E-state index contributed by atoms with van der Waals surface area (Å²) < 4.78 is 0. The van der Waals surface area contributed by atoms with E-state index in [1.54, 1.807) is 11.3 Å². The number of rotatable bonds is 5. The van der Waals surface area contributed by atoms with Crippen molar-refractivity contribution >= 4 is 23.1 Å². The smallest absolute Gasteiger partial charge is 0.0507 e. The third-order valence-electron chi connectivity index (χ3n) is 3.68. The van der Waals surface area contributed by atoms with Gasteiger partial charge < -0.3 is 5.73 Å². The number of hydrogen-bond donors (Lipinski definition) is 1. The molecule has 0 spiro atoms. The summed E-state index contributed by atoms with van der Waals surface area (Å²) >= 11 is 3.83. The first kappa shape index (κ1) is 13.4. The molecule has 96 valence electrons. The molecule has 2 nitrogen and oxygen atoms in total. The van der Waals surface area contributed by atoms with Gasteiger partial charge in [-0.1, -0.05) is 6.92 Å². The summed E-state index contributed by atoms with van der Waals surface area (Å²) in [5, 5.41) is 4.40. The van der Waals surface area contributed by atoms with Crippen LogP contribution >= 0.6 is 23.1 Å². The molecule has 2 heterocycles. The van der Waals surface area contributed by atoms with Crippen LogP contribution in [0.25, 0.3) is 0 Å². The van der Waals surface area contributed by atoms with Crippen molar-refractivity contribution in [2.75, 3.05) is 18.6 Å². The molecule has 4 heteroatoms. The molecule has 17 heavy (non-hydrogen) atoms. The van der Waals surface area contributed by atoms with Crippen LogP contribution in [0.3, 0.4) is 0 Å². The van der Waals surface area contributed by atoms with E-state index in [1.807, 2.05) is 0 Å². The quantitative estimate of drug-likeness (QED) is 0.892. The van der Waals surface area contributed by atoms with Gasteiger partial charge in [0.25, 0.3) is 0 Å². The van der Waals surface area contributed by atoms with Crippen molar-refractivity contribution in [3.63, 3.8) is 0 Å². The number of nitrogens with two attached hydrogens (primary N) is 1. The van der Waals surface area contributed by atoms with Crippen molar-refractivity contribution in [2.45, 2.75) is 37.9 Å². The summed E-state index contributed by atoms with van der Waals surface area (Å²) in [6.45, 7) is 2.18. The van der Waals surface area contributed by atoms with Gasteiger partial charge in [-0.3, -0.25) is 4.90 Å². The SMILES string of the molecule is CCC(N)C(c1ccsc1)N(C)C1CCSC1. The van der Waals surface area contributed by atoms with Gasteiger partial charge in [0.2, 0.25) is 0 Å². The van der Waals surface area contributed by atoms with E-state index in [9.17, 15) is 0 Å². The molecule has 1 aliphatic rings. The Morgan fingerprint density at radius 3 is 2.94 bits per heavy atom. The van der Waals surface area contributed by atoms with Gasteiger partial charge in [0, 0.05) is 17.8 Å². The van der Waals surface area contributed by atoms with Crippen LogP contribution in [0.15, 0.2) is 16.8 Å². The number of thioether (sulfide) groups is 1. The van der Waals surface area contributed by atoms with Crippen LogP contribution < -0.4 is 5.73 Å². The van der Waals surface area contributed by atoms with E-state index >= 15 is 0 Å². The molecular formula is C13H22N2S2. The second-order valence-electron chi connectivity index (χ2n) is 4.76. The van der Waals surface area contributed by atoms with E-state index < -0.39 is 0 Å².